The summed E-state index contributed by atoms with van der Waals surface area (Å²) in [6.45, 7) is 0.516. The van der Waals surface area contributed by atoms with Gasteiger partial charge in [-0.3, -0.25) is 19.0 Å². The molecule has 0 radical (unpaired) electrons. The molecule has 0 unspecified atom stereocenters. The summed E-state index contributed by atoms with van der Waals surface area (Å²) in [5, 5.41) is 3.43. The van der Waals surface area contributed by atoms with E-state index in [1.807, 2.05) is 6.07 Å². The van der Waals surface area contributed by atoms with Gasteiger partial charge in [-0.05, 0) is 48.0 Å². The Morgan fingerprint density at radius 2 is 1.62 bits per heavy atom. The molecule has 1 aromatic heterocycles. The van der Waals surface area contributed by atoms with Crippen molar-refractivity contribution < 1.29 is 32.9 Å². The Kier molecular flexibility index (Phi) is 6.99. The lowest BCUT2D eigenvalue weighted by molar-refractivity contribution is -0.121. The number of rotatable bonds is 9. The molecular formula is C28H22FN3O7S. The molecule has 204 valence electrons. The highest BCUT2D eigenvalue weighted by Crippen LogP contribution is 2.35. The van der Waals surface area contributed by atoms with Gasteiger partial charge in [0.1, 0.15) is 5.82 Å². The number of ether oxygens (including phenoxy) is 4. The van der Waals surface area contributed by atoms with Crippen molar-refractivity contribution in [3.63, 3.8) is 0 Å². The van der Waals surface area contributed by atoms with Crippen LogP contribution in [0.2, 0.25) is 0 Å². The van der Waals surface area contributed by atoms with Crippen LogP contribution in [0.5, 0.6) is 23.0 Å². The fourth-order valence-corrected chi connectivity index (χ4v) is 5.22. The number of benzene rings is 3. The number of fused-ring (bicyclic) bond motifs is 3. The highest BCUT2D eigenvalue weighted by molar-refractivity contribution is 7.99. The summed E-state index contributed by atoms with van der Waals surface area (Å²) in [7, 11) is 0. The predicted molar refractivity (Wildman–Crippen MR) is 143 cm³/mol. The molecule has 0 fully saturated rings. The van der Waals surface area contributed by atoms with E-state index in [0.29, 0.717) is 39.5 Å². The molecule has 0 spiro atoms. The van der Waals surface area contributed by atoms with Crippen molar-refractivity contribution in [2.45, 2.75) is 24.7 Å². The van der Waals surface area contributed by atoms with Gasteiger partial charge >= 0.3 is 0 Å². The quantitative estimate of drug-likeness (QED) is 0.185. The molecule has 4 aromatic rings. The second-order valence-corrected chi connectivity index (χ2v) is 9.95. The summed E-state index contributed by atoms with van der Waals surface area (Å²) in [6, 6.07) is 13.9. The lowest BCUT2D eigenvalue weighted by atomic mass is 10.1. The van der Waals surface area contributed by atoms with Gasteiger partial charge in [-0.1, -0.05) is 17.8 Å². The van der Waals surface area contributed by atoms with Gasteiger partial charge in [-0.25, -0.2) is 9.37 Å². The van der Waals surface area contributed by atoms with Crippen LogP contribution in [0.3, 0.4) is 0 Å². The number of thioether (sulfide) groups is 1. The third kappa shape index (κ3) is 5.30. The van der Waals surface area contributed by atoms with E-state index in [-0.39, 0.29) is 61.3 Å². The number of carbonyl (C=O) groups is 2. The van der Waals surface area contributed by atoms with E-state index in [0.717, 1.165) is 17.3 Å². The van der Waals surface area contributed by atoms with Crippen LogP contribution >= 0.6 is 11.8 Å². The van der Waals surface area contributed by atoms with Gasteiger partial charge in [0.2, 0.25) is 19.5 Å². The number of carbonyl (C=O) groups excluding carboxylic acids is 2. The topological polar surface area (TPSA) is 118 Å². The summed E-state index contributed by atoms with van der Waals surface area (Å²) in [6.07, 6.45) is 0.00165. The van der Waals surface area contributed by atoms with Crippen LogP contribution < -0.4 is 29.8 Å². The van der Waals surface area contributed by atoms with Crippen LogP contribution in [0.25, 0.3) is 10.9 Å². The van der Waals surface area contributed by atoms with Crippen LogP contribution in [0, 0.1) is 5.82 Å². The molecule has 0 saturated carbocycles. The highest BCUT2D eigenvalue weighted by Gasteiger charge is 2.21. The summed E-state index contributed by atoms with van der Waals surface area (Å²) >= 11 is 1.07. The molecule has 1 amide bonds. The van der Waals surface area contributed by atoms with Crippen LogP contribution in [0.1, 0.15) is 22.3 Å². The molecule has 2 aliphatic rings. The SMILES string of the molecule is O=C(CCn1c(SCC(=O)c2ccc(F)cc2)nc2cc3c(cc2c1=O)OCO3)NCc1ccc2c(c1)OCO2. The monoisotopic (exact) mass is 563 g/mol. The maximum atomic E-state index is 13.5. The van der Waals surface area contributed by atoms with Crippen molar-refractivity contribution in [2.24, 2.45) is 0 Å². The molecule has 12 heteroatoms. The third-order valence-corrected chi connectivity index (χ3v) is 7.38. The minimum atomic E-state index is -0.440. The summed E-state index contributed by atoms with van der Waals surface area (Å²) < 4.78 is 36.2. The number of halogens is 1. The fraction of sp³-hybridized carbons (Fsp3) is 0.214. The van der Waals surface area contributed by atoms with E-state index in [9.17, 15) is 18.8 Å². The Balaban J connectivity index is 1.20. The maximum absolute atomic E-state index is 13.5. The number of aromatic nitrogens is 2. The maximum Gasteiger partial charge on any atom is 0.262 e. The zero-order chi connectivity index (χ0) is 27.6. The van der Waals surface area contributed by atoms with Gasteiger partial charge in [-0.2, -0.15) is 0 Å². The minimum absolute atomic E-state index is 0.00165. The number of nitrogens with zero attached hydrogens (tertiary/aromatic N) is 2. The third-order valence-electron chi connectivity index (χ3n) is 6.40. The molecule has 0 atom stereocenters. The number of nitrogens with one attached hydrogen (secondary N) is 1. The van der Waals surface area contributed by atoms with Gasteiger partial charge < -0.3 is 24.3 Å². The van der Waals surface area contributed by atoms with Crippen molar-refractivity contribution in [3.05, 3.63) is 81.9 Å². The van der Waals surface area contributed by atoms with Crippen LogP contribution in [-0.4, -0.2) is 40.6 Å². The molecule has 3 heterocycles. The zero-order valence-electron chi connectivity index (χ0n) is 21.0. The largest absolute Gasteiger partial charge is 0.454 e. The number of amides is 1. The fourth-order valence-electron chi connectivity index (χ4n) is 4.30. The molecular weight excluding hydrogens is 541 g/mol. The highest BCUT2D eigenvalue weighted by atomic mass is 32.2. The number of ketones is 1. The average Bonchev–Trinajstić information content (AvgIpc) is 3.62. The average molecular weight is 564 g/mol. The molecule has 0 bridgehead atoms. The van der Waals surface area contributed by atoms with Crippen LogP contribution in [0.15, 0.2) is 64.5 Å². The number of Topliss-reactive ketones (excluding diaryl/α,β-unsaturated/α-hetero) is 1. The first-order valence-electron chi connectivity index (χ1n) is 12.4. The Labute approximate surface area is 231 Å². The smallest absolute Gasteiger partial charge is 0.262 e. The van der Waals surface area contributed by atoms with Crippen LogP contribution in [0.4, 0.5) is 4.39 Å². The van der Waals surface area contributed by atoms with E-state index >= 15 is 0 Å². The Bertz CT molecular complexity index is 1690. The van der Waals surface area contributed by atoms with Gasteiger partial charge in [0.15, 0.2) is 33.9 Å². The second kappa shape index (κ2) is 10.9. The lowest BCUT2D eigenvalue weighted by Crippen LogP contribution is -2.28. The molecule has 40 heavy (non-hydrogen) atoms. The molecule has 10 nitrogen and oxygen atoms in total. The Hall–Kier alpha value is -4.58. The minimum Gasteiger partial charge on any atom is -0.454 e. The molecule has 1 N–H and O–H groups in total. The normalized spacial score (nSPS) is 13.0. The van der Waals surface area contributed by atoms with E-state index in [1.54, 1.807) is 24.3 Å². The molecule has 2 aliphatic heterocycles. The van der Waals surface area contributed by atoms with Crippen molar-refractivity contribution >= 4 is 34.4 Å². The molecule has 0 saturated heterocycles. The zero-order valence-corrected chi connectivity index (χ0v) is 21.8. The van der Waals surface area contributed by atoms with E-state index in [2.05, 4.69) is 10.3 Å². The predicted octanol–water partition coefficient (Wildman–Crippen LogP) is 3.67. The van der Waals surface area contributed by atoms with Gasteiger partial charge in [-0.15, -0.1) is 0 Å². The van der Waals surface area contributed by atoms with E-state index in [1.165, 1.54) is 28.8 Å². The standard InChI is InChI=1S/C28H22FN3O7S/c29-18-4-2-17(3-5-18)21(33)13-40-28-31-20-11-25-24(38-15-39-25)10-19(20)27(35)32(28)8-7-26(34)30-12-16-1-6-22-23(9-16)37-14-36-22/h1-6,9-11H,7-8,12-15H2,(H,30,34). The van der Waals surface area contributed by atoms with Crippen molar-refractivity contribution in [1.29, 1.82) is 0 Å². The van der Waals surface area contributed by atoms with Crippen LogP contribution in [-0.2, 0) is 17.9 Å². The first-order chi connectivity index (χ1) is 19.4. The number of hydrogen-bond donors (Lipinski definition) is 1. The Morgan fingerprint density at radius 1 is 0.925 bits per heavy atom. The molecule has 0 aliphatic carbocycles. The summed E-state index contributed by atoms with van der Waals surface area (Å²) in [5.41, 5.74) is 1.20. The van der Waals surface area contributed by atoms with E-state index in [4.69, 9.17) is 18.9 Å². The van der Waals surface area contributed by atoms with E-state index < -0.39 is 5.82 Å². The first kappa shape index (κ1) is 25.7. The lowest BCUT2D eigenvalue weighted by Gasteiger charge is -2.13. The summed E-state index contributed by atoms with van der Waals surface area (Å²) in [4.78, 5) is 43.6. The van der Waals surface area contributed by atoms with Crippen molar-refractivity contribution in [1.82, 2.24) is 14.9 Å². The Morgan fingerprint density at radius 3 is 2.40 bits per heavy atom. The van der Waals surface area contributed by atoms with Crippen molar-refractivity contribution in [2.75, 3.05) is 19.3 Å². The second-order valence-electron chi connectivity index (χ2n) is 9.01. The first-order valence-corrected chi connectivity index (χ1v) is 13.3. The molecule has 6 rings (SSSR count). The van der Waals surface area contributed by atoms with Gasteiger partial charge in [0.05, 0.1) is 16.7 Å². The molecule has 3 aromatic carbocycles. The summed E-state index contributed by atoms with van der Waals surface area (Å²) in [5.74, 6) is 1.19. The number of hydrogen-bond acceptors (Lipinski definition) is 9. The van der Waals surface area contributed by atoms with Gasteiger partial charge in [0, 0.05) is 31.1 Å². The van der Waals surface area contributed by atoms with Crippen molar-refractivity contribution in [3.8, 4) is 23.0 Å². The van der Waals surface area contributed by atoms with Gasteiger partial charge in [0.25, 0.3) is 5.56 Å².